The van der Waals surface area contributed by atoms with Gasteiger partial charge in [0.25, 0.3) is 0 Å². The molecule has 166 valence electrons. The maximum absolute atomic E-state index is 13.4. The smallest absolute Gasteiger partial charge is 0.340 e. The Kier molecular flexibility index (Phi) is 5.74. The predicted molar refractivity (Wildman–Crippen MR) is 121 cm³/mol. The predicted octanol–water partition coefficient (Wildman–Crippen LogP) is 4.92. The third kappa shape index (κ3) is 4.11. The van der Waals surface area contributed by atoms with Crippen molar-refractivity contribution in [3.05, 3.63) is 69.9 Å². The van der Waals surface area contributed by atoms with Crippen LogP contribution >= 0.6 is 11.3 Å². The fraction of sp³-hybridized carbons (Fsp3) is 0.182. The standard InChI is InChI=1S/C22H19FN2O5S2/c1-3-13-8-17-19(9-18(13)25(32(2,28)29)10-16-11-31-12-24-16)30-21(20(17)22(26)27)14-4-6-15(23)7-5-14/h4-9,11-12H,3,10H2,1-2H3,(H,26,27). The Labute approximate surface area is 187 Å². The maximum atomic E-state index is 13.4. The molecule has 32 heavy (non-hydrogen) atoms. The number of carbonyl (C=O) groups is 1. The van der Waals surface area contributed by atoms with Gasteiger partial charge < -0.3 is 9.52 Å². The summed E-state index contributed by atoms with van der Waals surface area (Å²) in [7, 11) is -3.67. The van der Waals surface area contributed by atoms with Crippen molar-refractivity contribution in [2.75, 3.05) is 10.6 Å². The van der Waals surface area contributed by atoms with Crippen LogP contribution in [-0.2, 0) is 23.0 Å². The molecule has 0 unspecified atom stereocenters. The fourth-order valence-corrected chi connectivity index (χ4v) is 5.00. The number of aromatic nitrogens is 1. The Hall–Kier alpha value is -3.24. The molecule has 2 heterocycles. The first-order valence-electron chi connectivity index (χ1n) is 9.62. The number of carboxylic acids is 1. The summed E-state index contributed by atoms with van der Waals surface area (Å²) < 4.78 is 45.8. The van der Waals surface area contributed by atoms with E-state index in [1.165, 1.54) is 39.9 Å². The van der Waals surface area contributed by atoms with Gasteiger partial charge in [-0.15, -0.1) is 11.3 Å². The number of fused-ring (bicyclic) bond motifs is 1. The molecule has 0 saturated carbocycles. The molecule has 0 fully saturated rings. The number of furan rings is 1. The molecule has 7 nitrogen and oxygen atoms in total. The lowest BCUT2D eigenvalue weighted by Crippen LogP contribution is -2.30. The number of aromatic carboxylic acids is 1. The molecule has 4 rings (SSSR count). The Morgan fingerprint density at radius 1 is 1.25 bits per heavy atom. The van der Waals surface area contributed by atoms with Gasteiger partial charge in [0, 0.05) is 22.4 Å². The van der Waals surface area contributed by atoms with Crippen molar-refractivity contribution in [2.24, 2.45) is 0 Å². The van der Waals surface area contributed by atoms with E-state index in [0.717, 1.165) is 6.26 Å². The van der Waals surface area contributed by atoms with Crippen LogP contribution in [0.1, 0.15) is 28.5 Å². The van der Waals surface area contributed by atoms with E-state index < -0.39 is 21.8 Å². The van der Waals surface area contributed by atoms with Crippen molar-refractivity contribution in [3.8, 4) is 11.3 Å². The quantitative estimate of drug-likeness (QED) is 0.408. The van der Waals surface area contributed by atoms with Crippen LogP contribution in [0.25, 0.3) is 22.3 Å². The lowest BCUT2D eigenvalue weighted by atomic mass is 10.0. The van der Waals surface area contributed by atoms with Gasteiger partial charge in [-0.25, -0.2) is 22.6 Å². The van der Waals surface area contributed by atoms with E-state index in [1.807, 2.05) is 6.92 Å². The number of hydrogen-bond donors (Lipinski definition) is 1. The summed E-state index contributed by atoms with van der Waals surface area (Å²) in [5.41, 5.74) is 3.83. The number of aryl methyl sites for hydroxylation is 1. The van der Waals surface area contributed by atoms with E-state index in [2.05, 4.69) is 4.98 Å². The molecular weight excluding hydrogens is 455 g/mol. The van der Waals surface area contributed by atoms with E-state index in [1.54, 1.807) is 23.0 Å². The van der Waals surface area contributed by atoms with Crippen LogP contribution in [0.15, 0.2) is 51.7 Å². The van der Waals surface area contributed by atoms with E-state index in [4.69, 9.17) is 4.42 Å². The number of benzene rings is 2. The Balaban J connectivity index is 1.95. The van der Waals surface area contributed by atoms with Crippen LogP contribution in [0.5, 0.6) is 0 Å². The Morgan fingerprint density at radius 2 is 1.97 bits per heavy atom. The molecule has 0 saturated heterocycles. The minimum atomic E-state index is -3.67. The van der Waals surface area contributed by atoms with Crippen LogP contribution in [-0.4, -0.2) is 30.7 Å². The van der Waals surface area contributed by atoms with Crippen LogP contribution < -0.4 is 4.31 Å². The largest absolute Gasteiger partial charge is 0.478 e. The zero-order valence-electron chi connectivity index (χ0n) is 17.2. The van der Waals surface area contributed by atoms with Crippen molar-refractivity contribution < 1.29 is 27.1 Å². The average Bonchev–Trinajstić information content (AvgIpc) is 3.38. The van der Waals surface area contributed by atoms with E-state index >= 15 is 0 Å². The van der Waals surface area contributed by atoms with Gasteiger partial charge in [0.05, 0.1) is 29.7 Å². The molecule has 4 aromatic rings. The Morgan fingerprint density at radius 3 is 2.53 bits per heavy atom. The van der Waals surface area contributed by atoms with Crippen LogP contribution in [0.4, 0.5) is 10.1 Å². The summed E-state index contributed by atoms with van der Waals surface area (Å²) in [6.45, 7) is 1.90. The number of anilines is 1. The summed E-state index contributed by atoms with van der Waals surface area (Å²) in [6, 6.07) is 8.50. The van der Waals surface area contributed by atoms with Gasteiger partial charge in [-0.2, -0.15) is 0 Å². The number of halogens is 1. The van der Waals surface area contributed by atoms with E-state index in [-0.39, 0.29) is 23.5 Å². The highest BCUT2D eigenvalue weighted by Gasteiger charge is 2.27. The van der Waals surface area contributed by atoms with Crippen molar-refractivity contribution in [2.45, 2.75) is 19.9 Å². The molecule has 0 aliphatic rings. The van der Waals surface area contributed by atoms with Crippen LogP contribution in [0, 0.1) is 5.82 Å². The summed E-state index contributed by atoms with van der Waals surface area (Å²) in [5.74, 6) is -1.57. The summed E-state index contributed by atoms with van der Waals surface area (Å²) >= 11 is 1.36. The highest BCUT2D eigenvalue weighted by molar-refractivity contribution is 7.92. The van der Waals surface area contributed by atoms with Gasteiger partial charge in [-0.05, 0) is 42.3 Å². The summed E-state index contributed by atoms with van der Waals surface area (Å²) in [6.07, 6.45) is 1.57. The molecular formula is C22H19FN2O5S2. The molecule has 1 N–H and O–H groups in total. The van der Waals surface area contributed by atoms with Gasteiger partial charge in [-0.1, -0.05) is 6.92 Å². The molecule has 2 aromatic heterocycles. The lowest BCUT2D eigenvalue weighted by Gasteiger charge is -2.24. The highest BCUT2D eigenvalue weighted by atomic mass is 32.2. The maximum Gasteiger partial charge on any atom is 0.340 e. The first-order valence-corrected chi connectivity index (χ1v) is 12.4. The molecule has 0 bridgehead atoms. The molecule has 0 atom stereocenters. The number of thiazole rings is 1. The molecule has 0 aliphatic heterocycles. The van der Waals surface area contributed by atoms with Gasteiger partial charge in [0.15, 0.2) is 0 Å². The normalized spacial score (nSPS) is 11.7. The molecule has 0 aliphatic carbocycles. The average molecular weight is 475 g/mol. The molecule has 10 heteroatoms. The van der Waals surface area contributed by atoms with Crippen LogP contribution in [0.3, 0.4) is 0 Å². The van der Waals surface area contributed by atoms with Crippen molar-refractivity contribution in [1.82, 2.24) is 4.98 Å². The second-order valence-corrected chi connectivity index (χ2v) is 9.82. The third-order valence-corrected chi connectivity index (χ3v) is 6.81. The topological polar surface area (TPSA) is 101 Å². The molecule has 0 spiro atoms. The van der Waals surface area contributed by atoms with Gasteiger partial charge in [0.2, 0.25) is 10.0 Å². The molecule has 2 aromatic carbocycles. The highest BCUT2D eigenvalue weighted by Crippen LogP contribution is 2.38. The van der Waals surface area contributed by atoms with Gasteiger partial charge in [0.1, 0.15) is 22.7 Å². The first-order chi connectivity index (χ1) is 15.2. The SMILES string of the molecule is CCc1cc2c(C(=O)O)c(-c3ccc(F)cc3)oc2cc1N(Cc1cscn1)S(C)(=O)=O. The summed E-state index contributed by atoms with van der Waals surface area (Å²) in [4.78, 5) is 16.3. The van der Waals surface area contributed by atoms with Crippen LogP contribution in [0.2, 0.25) is 0 Å². The van der Waals surface area contributed by atoms with Crippen molar-refractivity contribution >= 4 is 44.0 Å². The summed E-state index contributed by atoms with van der Waals surface area (Å²) in [5, 5.41) is 12.0. The second kappa shape index (κ2) is 8.36. The Bertz CT molecular complexity index is 1390. The molecule has 0 radical (unpaired) electrons. The third-order valence-electron chi connectivity index (χ3n) is 5.05. The van der Waals surface area contributed by atoms with Gasteiger partial charge in [-0.3, -0.25) is 4.31 Å². The minimum absolute atomic E-state index is 0.0398. The monoisotopic (exact) mass is 474 g/mol. The van der Waals surface area contributed by atoms with E-state index in [9.17, 15) is 22.7 Å². The van der Waals surface area contributed by atoms with Crippen molar-refractivity contribution in [3.63, 3.8) is 0 Å². The number of carboxylic acid groups (broad SMARTS) is 1. The van der Waals surface area contributed by atoms with Crippen molar-refractivity contribution in [1.29, 1.82) is 0 Å². The fourth-order valence-electron chi connectivity index (χ4n) is 3.55. The molecule has 0 amide bonds. The second-order valence-electron chi connectivity index (χ2n) is 7.20. The number of sulfonamides is 1. The first kappa shape index (κ1) is 22.0. The number of nitrogens with zero attached hydrogens (tertiary/aromatic N) is 2. The van der Waals surface area contributed by atoms with Gasteiger partial charge >= 0.3 is 5.97 Å². The zero-order valence-corrected chi connectivity index (χ0v) is 18.8. The zero-order chi connectivity index (χ0) is 23.0. The minimum Gasteiger partial charge on any atom is -0.478 e. The van der Waals surface area contributed by atoms with E-state index in [0.29, 0.717) is 34.3 Å². The number of rotatable bonds is 7. The number of hydrogen-bond acceptors (Lipinski definition) is 6. The lowest BCUT2D eigenvalue weighted by molar-refractivity contribution is 0.0699.